The predicted molar refractivity (Wildman–Crippen MR) is 117 cm³/mol. The minimum absolute atomic E-state index is 0. The molecule has 0 radical (unpaired) electrons. The Balaban J connectivity index is 0.00000312. The van der Waals surface area contributed by atoms with Crippen LogP contribution in [0.5, 0.6) is 0 Å². The van der Waals surface area contributed by atoms with Crippen molar-refractivity contribution < 1.29 is 4.74 Å². The number of ether oxygens (including phenoxy) is 1. The van der Waals surface area contributed by atoms with E-state index in [2.05, 4.69) is 67.3 Å². The summed E-state index contributed by atoms with van der Waals surface area (Å²) >= 11 is 0. The van der Waals surface area contributed by atoms with Crippen molar-refractivity contribution in [3.05, 3.63) is 35.9 Å². The minimum Gasteiger partial charge on any atom is -0.377 e. The van der Waals surface area contributed by atoms with Crippen molar-refractivity contribution in [2.75, 3.05) is 27.2 Å². The van der Waals surface area contributed by atoms with Gasteiger partial charge in [-0.05, 0) is 23.8 Å². The number of benzene rings is 1. The number of rotatable bonds is 4. The fourth-order valence-corrected chi connectivity index (χ4v) is 3.55. The van der Waals surface area contributed by atoms with Crippen molar-refractivity contribution in [3.63, 3.8) is 0 Å². The summed E-state index contributed by atoms with van der Waals surface area (Å²) in [5.41, 5.74) is 1.46. The summed E-state index contributed by atoms with van der Waals surface area (Å²) in [6.45, 7) is 9.46. The Bertz CT molecular complexity index is 527. The highest BCUT2D eigenvalue weighted by Crippen LogP contribution is 2.33. The summed E-state index contributed by atoms with van der Waals surface area (Å²) in [4.78, 5) is 6.62. The molecule has 1 aromatic rings. The van der Waals surface area contributed by atoms with E-state index in [1.165, 1.54) is 12.0 Å². The van der Waals surface area contributed by atoms with E-state index in [9.17, 15) is 0 Å². The van der Waals surface area contributed by atoms with Crippen molar-refractivity contribution in [1.82, 2.24) is 10.2 Å². The van der Waals surface area contributed by atoms with Crippen LogP contribution >= 0.6 is 24.0 Å². The molecule has 0 bridgehead atoms. The normalized spacial score (nSPS) is 21.4. The molecule has 142 valence electrons. The van der Waals surface area contributed by atoms with Gasteiger partial charge in [0, 0.05) is 39.7 Å². The van der Waals surface area contributed by atoms with Gasteiger partial charge in [0.25, 0.3) is 0 Å². The number of halogens is 1. The molecule has 2 unspecified atom stereocenters. The Hall–Kier alpha value is -0.820. The molecule has 1 saturated heterocycles. The van der Waals surface area contributed by atoms with E-state index in [0.29, 0.717) is 12.0 Å². The average Bonchev–Trinajstić information content (AvgIpc) is 2.56. The van der Waals surface area contributed by atoms with Gasteiger partial charge in [0.1, 0.15) is 0 Å². The third kappa shape index (κ3) is 6.77. The Morgan fingerprint density at radius 3 is 2.56 bits per heavy atom. The molecule has 0 saturated carbocycles. The van der Waals surface area contributed by atoms with Gasteiger partial charge in [-0.1, -0.05) is 51.1 Å². The van der Waals surface area contributed by atoms with E-state index in [-0.39, 0.29) is 29.4 Å². The van der Waals surface area contributed by atoms with Gasteiger partial charge in [0.15, 0.2) is 5.96 Å². The van der Waals surface area contributed by atoms with Gasteiger partial charge in [-0.25, -0.2) is 0 Å². The summed E-state index contributed by atoms with van der Waals surface area (Å²) in [5.74, 6) is 1.47. The number of hydrogen-bond donors (Lipinski definition) is 1. The lowest BCUT2D eigenvalue weighted by Gasteiger charge is -2.40. The van der Waals surface area contributed by atoms with Crippen molar-refractivity contribution in [2.45, 2.75) is 46.3 Å². The first-order valence-corrected chi connectivity index (χ1v) is 8.99. The van der Waals surface area contributed by atoms with E-state index in [1.54, 1.807) is 0 Å². The molecule has 1 aliphatic rings. The van der Waals surface area contributed by atoms with Crippen molar-refractivity contribution in [3.8, 4) is 0 Å². The van der Waals surface area contributed by atoms with Crippen molar-refractivity contribution in [1.29, 1.82) is 0 Å². The second kappa shape index (κ2) is 10.4. The van der Waals surface area contributed by atoms with Gasteiger partial charge in [-0.3, -0.25) is 4.99 Å². The van der Waals surface area contributed by atoms with Crippen molar-refractivity contribution in [2.24, 2.45) is 16.3 Å². The lowest BCUT2D eigenvalue weighted by molar-refractivity contribution is -0.0836. The Morgan fingerprint density at radius 2 is 1.96 bits per heavy atom. The Morgan fingerprint density at radius 1 is 1.28 bits per heavy atom. The summed E-state index contributed by atoms with van der Waals surface area (Å²) in [6.07, 6.45) is 2.67. The van der Waals surface area contributed by atoms with Gasteiger partial charge >= 0.3 is 0 Å². The highest BCUT2D eigenvalue weighted by molar-refractivity contribution is 14.0. The third-order valence-electron chi connectivity index (χ3n) is 4.66. The summed E-state index contributed by atoms with van der Waals surface area (Å²) in [5, 5.41) is 3.56. The molecular weight excluding hydrogens is 425 g/mol. The molecule has 25 heavy (non-hydrogen) atoms. The van der Waals surface area contributed by atoms with E-state index >= 15 is 0 Å². The van der Waals surface area contributed by atoms with Crippen LogP contribution in [-0.2, 0) is 11.3 Å². The van der Waals surface area contributed by atoms with Gasteiger partial charge < -0.3 is 15.0 Å². The number of aliphatic imine (C=N–C) groups is 1. The van der Waals surface area contributed by atoms with Crippen LogP contribution in [0.3, 0.4) is 0 Å². The topological polar surface area (TPSA) is 36.9 Å². The maximum Gasteiger partial charge on any atom is 0.193 e. The molecule has 5 heteroatoms. The van der Waals surface area contributed by atoms with Crippen LogP contribution in [0.15, 0.2) is 35.3 Å². The zero-order valence-electron chi connectivity index (χ0n) is 16.3. The first-order valence-electron chi connectivity index (χ1n) is 8.99. The van der Waals surface area contributed by atoms with E-state index in [1.807, 2.05) is 13.1 Å². The van der Waals surface area contributed by atoms with Crippen LogP contribution in [0.2, 0.25) is 0 Å². The monoisotopic (exact) mass is 459 g/mol. The van der Waals surface area contributed by atoms with Crippen LogP contribution in [0.4, 0.5) is 0 Å². The largest absolute Gasteiger partial charge is 0.377 e. The van der Waals surface area contributed by atoms with Crippen LogP contribution in [0, 0.1) is 11.3 Å². The lowest BCUT2D eigenvalue weighted by Crippen LogP contribution is -2.47. The fraction of sp³-hybridized carbons (Fsp3) is 0.650. The van der Waals surface area contributed by atoms with Crippen LogP contribution in [0.1, 0.15) is 39.2 Å². The Kier molecular flexibility index (Phi) is 9.21. The first-order chi connectivity index (χ1) is 11.4. The summed E-state index contributed by atoms with van der Waals surface area (Å²) in [6, 6.07) is 10.5. The highest BCUT2D eigenvalue weighted by atomic mass is 127. The fourth-order valence-electron chi connectivity index (χ4n) is 3.55. The van der Waals surface area contributed by atoms with Gasteiger partial charge in [-0.15, -0.1) is 24.0 Å². The average molecular weight is 459 g/mol. The molecule has 2 rings (SSSR count). The Labute approximate surface area is 170 Å². The molecule has 1 heterocycles. The quantitative estimate of drug-likeness (QED) is 0.418. The van der Waals surface area contributed by atoms with Crippen LogP contribution in [-0.4, -0.2) is 44.2 Å². The standard InChI is InChI=1S/C20H33N3O.HI/c1-20(2,3)18-17(12-9-13-24-18)14-22-19(21-4)23(5)15-16-10-7-6-8-11-16;/h6-8,10-11,17-18H,9,12-15H2,1-5H3,(H,21,22);1H. The molecule has 0 amide bonds. The second-order valence-corrected chi connectivity index (χ2v) is 7.83. The van der Waals surface area contributed by atoms with Crippen LogP contribution < -0.4 is 5.32 Å². The number of nitrogens with one attached hydrogen (secondary N) is 1. The molecule has 4 nitrogen and oxygen atoms in total. The molecule has 0 aliphatic carbocycles. The molecule has 0 aromatic heterocycles. The SMILES string of the molecule is CN=C(NCC1CCCOC1C(C)(C)C)N(C)Cc1ccccc1.I. The molecule has 1 N–H and O–H groups in total. The first kappa shape index (κ1) is 22.2. The highest BCUT2D eigenvalue weighted by Gasteiger charge is 2.35. The molecule has 0 spiro atoms. The van der Waals surface area contributed by atoms with E-state index in [0.717, 1.165) is 32.1 Å². The van der Waals surface area contributed by atoms with E-state index < -0.39 is 0 Å². The second-order valence-electron chi connectivity index (χ2n) is 7.83. The van der Waals surface area contributed by atoms with Crippen molar-refractivity contribution >= 4 is 29.9 Å². The maximum atomic E-state index is 6.08. The zero-order chi connectivity index (χ0) is 17.6. The molecule has 1 fully saturated rings. The number of guanidine groups is 1. The predicted octanol–water partition coefficient (Wildman–Crippen LogP) is 4.15. The number of nitrogens with zero attached hydrogens (tertiary/aromatic N) is 2. The van der Waals surface area contributed by atoms with Gasteiger partial charge in [-0.2, -0.15) is 0 Å². The van der Waals surface area contributed by atoms with Crippen LogP contribution in [0.25, 0.3) is 0 Å². The smallest absolute Gasteiger partial charge is 0.193 e. The summed E-state index contributed by atoms with van der Waals surface area (Å²) < 4.78 is 6.08. The maximum absolute atomic E-state index is 6.08. The van der Waals surface area contributed by atoms with Gasteiger partial charge in [0.2, 0.25) is 0 Å². The molecular formula is C20H34IN3O. The lowest BCUT2D eigenvalue weighted by atomic mass is 9.78. The summed E-state index contributed by atoms with van der Waals surface area (Å²) in [7, 11) is 3.93. The molecule has 1 aliphatic heterocycles. The van der Waals surface area contributed by atoms with E-state index in [4.69, 9.17) is 4.74 Å². The number of hydrogen-bond acceptors (Lipinski definition) is 2. The molecule has 2 atom stereocenters. The zero-order valence-corrected chi connectivity index (χ0v) is 18.6. The van der Waals surface area contributed by atoms with Gasteiger partial charge in [0.05, 0.1) is 6.10 Å². The molecule has 1 aromatic carbocycles. The third-order valence-corrected chi connectivity index (χ3v) is 4.66. The minimum atomic E-state index is 0.